The maximum atomic E-state index is 12.5. The Balaban J connectivity index is 2.21. The van der Waals surface area contributed by atoms with Gasteiger partial charge in [0.1, 0.15) is 11.4 Å². The molecule has 0 aliphatic rings. The van der Waals surface area contributed by atoms with E-state index in [0.717, 1.165) is 4.80 Å². The van der Waals surface area contributed by atoms with Gasteiger partial charge >= 0.3 is 12.4 Å². The van der Waals surface area contributed by atoms with Crippen molar-refractivity contribution in [3.8, 4) is 11.4 Å². The molecule has 0 fully saturated rings. The lowest BCUT2D eigenvalue weighted by Gasteiger charge is -2.06. The van der Waals surface area contributed by atoms with Gasteiger partial charge in [-0.1, -0.05) is 35.2 Å². The summed E-state index contributed by atoms with van der Waals surface area (Å²) in [5, 5.41) is 25.3. The van der Waals surface area contributed by atoms with Crippen molar-refractivity contribution in [2.45, 2.75) is 6.61 Å². The molecule has 11 heteroatoms. The smallest absolute Gasteiger partial charge is 0.433 e. The van der Waals surface area contributed by atoms with Crippen LogP contribution >= 0.6 is 0 Å². The lowest BCUT2D eigenvalue weighted by molar-refractivity contribution is -0.391. The Morgan fingerprint density at radius 3 is 2.46 bits per heavy atom. The average Bonchev–Trinajstić information content (AvgIpc) is 2.94. The number of hydrogen-bond acceptors (Lipinski definition) is 6. The van der Waals surface area contributed by atoms with Gasteiger partial charge in [0.05, 0.1) is 5.10 Å². The lowest BCUT2D eigenvalue weighted by Crippen LogP contribution is -2.22. The van der Waals surface area contributed by atoms with Crippen LogP contribution in [-0.2, 0) is 0 Å². The third-order valence-electron chi connectivity index (χ3n) is 3.23. The van der Waals surface area contributed by atoms with Gasteiger partial charge in [0, 0.05) is 0 Å². The first-order chi connectivity index (χ1) is 12.5. The molecule has 134 valence electrons. The van der Waals surface area contributed by atoms with Gasteiger partial charge in [0.15, 0.2) is 5.75 Å². The first-order valence-electron chi connectivity index (χ1n) is 7.17. The Morgan fingerprint density at radius 1 is 1.15 bits per heavy atom. The molecule has 3 aromatic rings. The highest BCUT2D eigenvalue weighted by molar-refractivity contribution is 5.51. The van der Waals surface area contributed by atoms with Crippen LogP contribution in [0.5, 0.6) is 5.75 Å². The molecule has 0 aliphatic carbocycles. The van der Waals surface area contributed by atoms with E-state index < -0.39 is 22.8 Å². The molecule has 26 heavy (non-hydrogen) atoms. The van der Waals surface area contributed by atoms with Crippen LogP contribution in [0.25, 0.3) is 5.69 Å². The number of aromatic nitrogens is 3. The van der Waals surface area contributed by atoms with Crippen LogP contribution in [0.15, 0.2) is 59.6 Å². The first-order valence-corrected chi connectivity index (χ1v) is 7.17. The van der Waals surface area contributed by atoms with E-state index in [1.54, 1.807) is 30.3 Å². The maximum absolute atomic E-state index is 12.5. The van der Waals surface area contributed by atoms with Crippen molar-refractivity contribution in [2.75, 3.05) is 0 Å². The summed E-state index contributed by atoms with van der Waals surface area (Å²) in [5.74, 6) is -1.06. The highest BCUT2D eigenvalue weighted by atomic mass is 19.3. The van der Waals surface area contributed by atoms with Gasteiger partial charge in [-0.25, -0.2) is 4.99 Å². The van der Waals surface area contributed by atoms with Crippen molar-refractivity contribution in [1.29, 1.82) is 0 Å². The molecule has 9 nitrogen and oxygen atoms in total. The third-order valence-corrected chi connectivity index (χ3v) is 3.23. The molecule has 3 rings (SSSR count). The van der Waals surface area contributed by atoms with E-state index in [4.69, 9.17) is 0 Å². The zero-order valence-electron chi connectivity index (χ0n) is 12.9. The summed E-state index contributed by atoms with van der Waals surface area (Å²) < 4.78 is 29.4. The van der Waals surface area contributed by atoms with Crippen LogP contribution in [0.3, 0.4) is 0 Å². The number of para-hydroxylation sites is 3. The second-order valence-corrected chi connectivity index (χ2v) is 4.88. The topological polar surface area (TPSA) is 108 Å². The Morgan fingerprint density at radius 2 is 1.81 bits per heavy atom. The molecule has 2 aromatic carbocycles. The number of halogens is 2. The molecule has 0 aliphatic heterocycles. The zero-order chi connectivity index (χ0) is 18.7. The van der Waals surface area contributed by atoms with E-state index in [2.05, 4.69) is 14.8 Å². The molecule has 0 saturated carbocycles. The highest BCUT2D eigenvalue weighted by Gasteiger charge is 2.24. The van der Waals surface area contributed by atoms with Crippen molar-refractivity contribution in [3.05, 3.63) is 70.2 Å². The second kappa shape index (κ2) is 7.01. The minimum absolute atomic E-state index is 0.133. The number of hydrogen-bond donors (Lipinski definition) is 1. The minimum Gasteiger partial charge on any atom is -0.433 e. The van der Waals surface area contributed by atoms with E-state index in [0.29, 0.717) is 10.5 Å². The summed E-state index contributed by atoms with van der Waals surface area (Å²) in [7, 11) is 0. The van der Waals surface area contributed by atoms with Crippen LogP contribution in [0, 0.1) is 10.1 Å². The van der Waals surface area contributed by atoms with Gasteiger partial charge in [-0.3, -0.25) is 0 Å². The van der Waals surface area contributed by atoms with E-state index in [1.807, 2.05) is 0 Å². The summed E-state index contributed by atoms with van der Waals surface area (Å²) in [6.45, 7) is -3.10. The number of alkyl halides is 2. The molecule has 0 atom stereocenters. The molecule has 0 radical (unpaired) electrons. The molecule has 0 unspecified atom stereocenters. The fourth-order valence-electron chi connectivity index (χ4n) is 2.16. The Kier molecular flexibility index (Phi) is 4.60. The zero-order valence-corrected chi connectivity index (χ0v) is 12.9. The average molecular weight is 363 g/mol. The quantitative estimate of drug-likeness (QED) is 0.426. The molecular weight excluding hydrogens is 352 g/mol. The van der Waals surface area contributed by atoms with Gasteiger partial charge in [-0.05, 0) is 34.0 Å². The van der Waals surface area contributed by atoms with Crippen LogP contribution in [0.1, 0.15) is 0 Å². The summed E-state index contributed by atoms with van der Waals surface area (Å²) in [6.07, 6.45) is 0. The predicted molar refractivity (Wildman–Crippen MR) is 83.7 cm³/mol. The van der Waals surface area contributed by atoms with Crippen molar-refractivity contribution in [3.63, 3.8) is 0 Å². The number of nitrogens with zero attached hydrogens (tertiary/aromatic N) is 5. The Labute approximate surface area is 144 Å². The van der Waals surface area contributed by atoms with Crippen LogP contribution < -0.4 is 10.2 Å². The molecule has 0 spiro atoms. The van der Waals surface area contributed by atoms with Crippen molar-refractivity contribution in [1.82, 2.24) is 14.7 Å². The number of ether oxygens (including phenoxy) is 1. The van der Waals surface area contributed by atoms with Crippen molar-refractivity contribution in [2.24, 2.45) is 4.99 Å². The number of rotatable bonds is 5. The molecule has 0 amide bonds. The van der Waals surface area contributed by atoms with E-state index in [1.165, 1.54) is 24.3 Å². The summed E-state index contributed by atoms with van der Waals surface area (Å²) in [5.41, 5.74) is -0.354. The van der Waals surface area contributed by atoms with Gasteiger partial charge in [-0.15, -0.1) is 0 Å². The normalized spacial score (nSPS) is 11.7. The molecule has 1 aromatic heterocycles. The SMILES string of the molecule is O=[N+]([O-])c1nn(-c2ccccc2)n(O)c1=Nc1ccccc1OC(F)F. The predicted octanol–water partition coefficient (Wildman–Crippen LogP) is 2.65. The highest BCUT2D eigenvalue weighted by Crippen LogP contribution is 2.28. The van der Waals surface area contributed by atoms with Crippen molar-refractivity contribution < 1.29 is 23.6 Å². The summed E-state index contributed by atoms with van der Waals surface area (Å²) in [6, 6.07) is 13.6. The number of nitro groups is 1. The molecular formula is C15H11F2N5O4. The molecule has 1 N–H and O–H groups in total. The fourth-order valence-corrected chi connectivity index (χ4v) is 2.16. The summed E-state index contributed by atoms with van der Waals surface area (Å²) in [4.78, 5) is 15.5. The van der Waals surface area contributed by atoms with Crippen molar-refractivity contribution >= 4 is 11.5 Å². The van der Waals surface area contributed by atoms with Gasteiger partial charge in [0.2, 0.25) is 0 Å². The van der Waals surface area contributed by atoms with E-state index >= 15 is 0 Å². The fraction of sp³-hybridized carbons (Fsp3) is 0.0667. The van der Waals surface area contributed by atoms with Crippen LogP contribution in [-0.4, -0.2) is 31.5 Å². The molecule has 0 saturated heterocycles. The minimum atomic E-state index is -3.10. The van der Waals surface area contributed by atoms with Crippen LogP contribution in [0.4, 0.5) is 20.3 Å². The van der Waals surface area contributed by atoms with E-state index in [9.17, 15) is 24.1 Å². The largest absolute Gasteiger partial charge is 0.438 e. The van der Waals surface area contributed by atoms with Gasteiger partial charge in [-0.2, -0.15) is 8.78 Å². The Bertz CT molecular complexity index is 1000. The third kappa shape index (κ3) is 3.36. The molecule has 0 bridgehead atoms. The molecule has 1 heterocycles. The second-order valence-electron chi connectivity index (χ2n) is 4.88. The van der Waals surface area contributed by atoms with Gasteiger partial charge < -0.3 is 20.1 Å². The van der Waals surface area contributed by atoms with Gasteiger partial charge in [0.25, 0.3) is 5.49 Å². The first kappa shape index (κ1) is 17.1. The monoisotopic (exact) mass is 363 g/mol. The maximum Gasteiger partial charge on any atom is 0.438 e. The lowest BCUT2D eigenvalue weighted by atomic mass is 10.3. The summed E-state index contributed by atoms with van der Waals surface area (Å²) >= 11 is 0. The number of benzene rings is 2. The van der Waals surface area contributed by atoms with Crippen LogP contribution in [0.2, 0.25) is 0 Å². The van der Waals surface area contributed by atoms with E-state index in [-0.39, 0.29) is 11.4 Å². The standard InChI is InChI=1S/C15H11F2N5O4/c16-15(17)26-12-9-5-4-8-11(12)18-13-14(22(24)25)19-20(21(13)23)10-6-2-1-3-7-10/h1-9,15,23H. The Hall–Kier alpha value is -3.76.